The van der Waals surface area contributed by atoms with Crippen LogP contribution in [0.4, 0.5) is 5.69 Å². The number of para-hydroxylation sites is 1. The minimum Gasteiger partial charge on any atom is -0.369 e. The Morgan fingerprint density at radius 2 is 1.75 bits per heavy atom. The molecule has 2 amide bonds. The van der Waals surface area contributed by atoms with Gasteiger partial charge < -0.3 is 14.7 Å². The fourth-order valence-electron chi connectivity index (χ4n) is 4.79. The molecule has 3 aliphatic rings. The van der Waals surface area contributed by atoms with Crippen molar-refractivity contribution in [1.82, 2.24) is 14.7 Å². The van der Waals surface area contributed by atoms with Gasteiger partial charge in [0, 0.05) is 76.9 Å². The molecule has 0 unspecified atom stereocenters. The summed E-state index contributed by atoms with van der Waals surface area (Å²) in [5.74, 6) is 0.424. The van der Waals surface area contributed by atoms with Crippen molar-refractivity contribution in [2.75, 3.05) is 57.3 Å². The summed E-state index contributed by atoms with van der Waals surface area (Å²) < 4.78 is 0. The Balaban J connectivity index is 1.25. The number of carbonyl (C=O) groups excluding carboxylic acids is 2. The zero-order chi connectivity index (χ0) is 19.3. The number of benzene rings is 1. The van der Waals surface area contributed by atoms with E-state index in [2.05, 4.69) is 40.1 Å². The van der Waals surface area contributed by atoms with Crippen LogP contribution in [0.2, 0.25) is 0 Å². The third kappa shape index (κ3) is 4.49. The van der Waals surface area contributed by atoms with Crippen molar-refractivity contribution in [3.63, 3.8) is 0 Å². The molecule has 0 radical (unpaired) electrons. The smallest absolute Gasteiger partial charge is 0.224 e. The second kappa shape index (κ2) is 8.95. The highest BCUT2D eigenvalue weighted by molar-refractivity contribution is 5.80. The molecule has 3 saturated heterocycles. The molecule has 0 spiro atoms. The molecule has 6 heteroatoms. The molecule has 0 aromatic heterocycles. The van der Waals surface area contributed by atoms with Crippen LogP contribution in [0.1, 0.15) is 32.1 Å². The lowest BCUT2D eigenvalue weighted by Gasteiger charge is -2.44. The molecule has 1 aromatic rings. The van der Waals surface area contributed by atoms with Crippen molar-refractivity contribution in [2.24, 2.45) is 0 Å². The fourth-order valence-corrected chi connectivity index (χ4v) is 4.79. The summed E-state index contributed by atoms with van der Waals surface area (Å²) in [6, 6.07) is 11.1. The summed E-state index contributed by atoms with van der Waals surface area (Å²) in [7, 11) is 0. The number of piperazine rings is 1. The fraction of sp³-hybridized carbons (Fsp3) is 0.636. The lowest BCUT2D eigenvalue weighted by atomic mass is 10.0. The van der Waals surface area contributed by atoms with Crippen LogP contribution in [0, 0.1) is 0 Å². The van der Waals surface area contributed by atoms with Crippen LogP contribution in [0.3, 0.4) is 0 Å². The lowest BCUT2D eigenvalue weighted by Crippen LogP contribution is -2.56. The molecule has 0 aliphatic carbocycles. The molecule has 28 heavy (non-hydrogen) atoms. The first-order chi connectivity index (χ1) is 13.7. The van der Waals surface area contributed by atoms with Crippen molar-refractivity contribution in [2.45, 2.75) is 38.1 Å². The predicted molar refractivity (Wildman–Crippen MR) is 110 cm³/mol. The van der Waals surface area contributed by atoms with Crippen LogP contribution in [-0.2, 0) is 9.59 Å². The van der Waals surface area contributed by atoms with E-state index in [4.69, 9.17) is 0 Å². The van der Waals surface area contributed by atoms with Gasteiger partial charge in [0.2, 0.25) is 11.8 Å². The SMILES string of the molecule is O=C1CCCN1CCC(=O)N1CCC[C@@H](N2CCN(c3ccccc3)CC2)C1. The van der Waals surface area contributed by atoms with E-state index in [0.29, 0.717) is 25.4 Å². The van der Waals surface area contributed by atoms with Gasteiger partial charge in [-0.15, -0.1) is 0 Å². The van der Waals surface area contributed by atoms with Crippen molar-refractivity contribution in [1.29, 1.82) is 0 Å². The summed E-state index contributed by atoms with van der Waals surface area (Å²) in [5, 5.41) is 0. The molecule has 3 aliphatic heterocycles. The summed E-state index contributed by atoms with van der Waals surface area (Å²) >= 11 is 0. The van der Waals surface area contributed by atoms with E-state index in [0.717, 1.165) is 58.7 Å². The first-order valence-corrected chi connectivity index (χ1v) is 10.8. The number of carbonyl (C=O) groups is 2. The average Bonchev–Trinajstić information content (AvgIpc) is 3.17. The molecule has 3 heterocycles. The minimum absolute atomic E-state index is 0.209. The molecule has 6 nitrogen and oxygen atoms in total. The van der Waals surface area contributed by atoms with Crippen molar-refractivity contribution in [3.05, 3.63) is 30.3 Å². The number of hydrogen-bond donors (Lipinski definition) is 0. The van der Waals surface area contributed by atoms with Gasteiger partial charge in [-0.1, -0.05) is 18.2 Å². The number of amides is 2. The lowest BCUT2D eigenvalue weighted by molar-refractivity contribution is -0.134. The van der Waals surface area contributed by atoms with E-state index >= 15 is 0 Å². The Bertz CT molecular complexity index is 672. The standard InChI is InChI=1S/C22H32N4O2/c27-21-9-5-11-25(21)13-10-22(28)26-12-4-8-20(18-26)24-16-14-23(15-17-24)19-6-2-1-3-7-19/h1-3,6-7,20H,4-5,8-18H2/t20-/m1/s1. The molecule has 4 rings (SSSR count). The van der Waals surface area contributed by atoms with Gasteiger partial charge in [-0.05, 0) is 31.4 Å². The predicted octanol–water partition coefficient (Wildman–Crippen LogP) is 1.81. The molecule has 1 atom stereocenters. The Labute approximate surface area is 168 Å². The number of anilines is 1. The highest BCUT2D eigenvalue weighted by Crippen LogP contribution is 2.21. The number of likely N-dealkylation sites (tertiary alicyclic amines) is 2. The van der Waals surface area contributed by atoms with Crippen molar-refractivity contribution >= 4 is 17.5 Å². The molecule has 1 aromatic carbocycles. The summed E-state index contributed by atoms with van der Waals surface area (Å²) in [6.45, 7) is 7.34. The van der Waals surface area contributed by atoms with Crippen LogP contribution in [0.25, 0.3) is 0 Å². The first kappa shape index (κ1) is 19.2. The van der Waals surface area contributed by atoms with Gasteiger partial charge in [-0.3, -0.25) is 14.5 Å². The van der Waals surface area contributed by atoms with Gasteiger partial charge in [0.25, 0.3) is 0 Å². The summed E-state index contributed by atoms with van der Waals surface area (Å²) in [4.78, 5) is 33.3. The molecule has 0 bridgehead atoms. The van der Waals surface area contributed by atoms with Gasteiger partial charge in [-0.25, -0.2) is 0 Å². The third-order valence-electron chi connectivity index (χ3n) is 6.47. The molecular weight excluding hydrogens is 352 g/mol. The van der Waals surface area contributed by atoms with E-state index in [1.807, 2.05) is 9.80 Å². The average molecular weight is 385 g/mol. The second-order valence-electron chi connectivity index (χ2n) is 8.23. The largest absolute Gasteiger partial charge is 0.369 e. The third-order valence-corrected chi connectivity index (χ3v) is 6.47. The summed E-state index contributed by atoms with van der Waals surface area (Å²) in [6.07, 6.45) is 4.32. The minimum atomic E-state index is 0.209. The number of rotatable bonds is 5. The second-order valence-corrected chi connectivity index (χ2v) is 8.23. The Morgan fingerprint density at radius 1 is 0.964 bits per heavy atom. The topological polar surface area (TPSA) is 47.1 Å². The normalized spacial score (nSPS) is 24.1. The molecule has 152 valence electrons. The van der Waals surface area contributed by atoms with Gasteiger partial charge in [0.1, 0.15) is 0 Å². The maximum atomic E-state index is 12.7. The Hall–Kier alpha value is -2.08. The van der Waals surface area contributed by atoms with Gasteiger partial charge in [0.15, 0.2) is 0 Å². The number of piperidine rings is 1. The van der Waals surface area contributed by atoms with E-state index in [1.54, 1.807) is 0 Å². The van der Waals surface area contributed by atoms with Crippen LogP contribution < -0.4 is 4.90 Å². The Kier molecular flexibility index (Phi) is 6.15. The van der Waals surface area contributed by atoms with E-state index in [1.165, 1.54) is 12.1 Å². The summed E-state index contributed by atoms with van der Waals surface area (Å²) in [5.41, 5.74) is 1.30. The quantitative estimate of drug-likeness (QED) is 0.777. The van der Waals surface area contributed by atoms with E-state index in [9.17, 15) is 9.59 Å². The zero-order valence-corrected chi connectivity index (χ0v) is 16.8. The van der Waals surface area contributed by atoms with E-state index < -0.39 is 0 Å². The van der Waals surface area contributed by atoms with Crippen LogP contribution >= 0.6 is 0 Å². The number of hydrogen-bond acceptors (Lipinski definition) is 4. The van der Waals surface area contributed by atoms with Crippen molar-refractivity contribution in [3.8, 4) is 0 Å². The maximum Gasteiger partial charge on any atom is 0.224 e. The van der Waals surface area contributed by atoms with Gasteiger partial charge in [0.05, 0.1) is 0 Å². The monoisotopic (exact) mass is 384 g/mol. The molecule has 0 N–H and O–H groups in total. The molecule has 3 fully saturated rings. The Morgan fingerprint density at radius 3 is 2.46 bits per heavy atom. The van der Waals surface area contributed by atoms with Crippen molar-refractivity contribution < 1.29 is 9.59 Å². The van der Waals surface area contributed by atoms with Gasteiger partial charge in [-0.2, -0.15) is 0 Å². The van der Waals surface area contributed by atoms with Crippen LogP contribution in [0.5, 0.6) is 0 Å². The molecule has 0 saturated carbocycles. The highest BCUT2D eigenvalue weighted by atomic mass is 16.2. The maximum absolute atomic E-state index is 12.7. The molecular formula is C22H32N4O2. The van der Waals surface area contributed by atoms with E-state index in [-0.39, 0.29) is 11.8 Å². The van der Waals surface area contributed by atoms with Gasteiger partial charge >= 0.3 is 0 Å². The number of nitrogens with zero attached hydrogens (tertiary/aromatic N) is 4. The van der Waals surface area contributed by atoms with Crippen LogP contribution in [-0.4, -0.2) is 84.9 Å². The zero-order valence-electron chi connectivity index (χ0n) is 16.8. The van der Waals surface area contributed by atoms with Crippen LogP contribution in [0.15, 0.2) is 30.3 Å². The highest BCUT2D eigenvalue weighted by Gasteiger charge is 2.30. The first-order valence-electron chi connectivity index (χ1n) is 10.8.